The molecule has 1 amide bonds. The summed E-state index contributed by atoms with van der Waals surface area (Å²) < 4.78 is 59.8. The monoisotopic (exact) mass is 591 g/mol. The van der Waals surface area contributed by atoms with Gasteiger partial charge in [0.25, 0.3) is 0 Å². The van der Waals surface area contributed by atoms with Gasteiger partial charge >= 0.3 is 6.18 Å². The molecule has 0 atom stereocenters. The van der Waals surface area contributed by atoms with Gasteiger partial charge in [0.15, 0.2) is 0 Å². The molecule has 3 aromatic heterocycles. The van der Waals surface area contributed by atoms with Crippen molar-refractivity contribution in [2.45, 2.75) is 19.5 Å². The van der Waals surface area contributed by atoms with Crippen molar-refractivity contribution in [3.8, 4) is 22.4 Å². The summed E-state index contributed by atoms with van der Waals surface area (Å²) in [6.45, 7) is 7.57. The molecule has 1 aromatic carbocycles. The zero-order valence-corrected chi connectivity index (χ0v) is 23.3. The Morgan fingerprint density at radius 2 is 1.91 bits per heavy atom. The van der Waals surface area contributed by atoms with Crippen molar-refractivity contribution in [3.63, 3.8) is 0 Å². The third-order valence-electron chi connectivity index (χ3n) is 7.02. The molecule has 11 heteroatoms. The Balaban J connectivity index is 1.31. The van der Waals surface area contributed by atoms with E-state index in [0.29, 0.717) is 35.6 Å². The molecule has 0 saturated carbocycles. The molecule has 2 N–H and O–H groups in total. The number of halogens is 4. The maximum atomic E-state index is 15.2. The fourth-order valence-electron chi connectivity index (χ4n) is 4.81. The van der Waals surface area contributed by atoms with Crippen LogP contribution in [-0.2, 0) is 16.0 Å². The summed E-state index contributed by atoms with van der Waals surface area (Å²) in [5.41, 5.74) is 2.62. The Hall–Kier alpha value is -4.77. The fourth-order valence-corrected chi connectivity index (χ4v) is 4.81. The number of aromatic nitrogens is 3. The molecule has 4 heterocycles. The van der Waals surface area contributed by atoms with Crippen molar-refractivity contribution in [3.05, 3.63) is 102 Å². The van der Waals surface area contributed by atoms with E-state index in [4.69, 9.17) is 4.74 Å². The number of carbonyl (C=O) groups is 1. The van der Waals surface area contributed by atoms with E-state index >= 15 is 4.39 Å². The van der Waals surface area contributed by atoms with E-state index in [2.05, 4.69) is 31.7 Å². The number of hydrogen-bond donors (Lipinski definition) is 2. The summed E-state index contributed by atoms with van der Waals surface area (Å²) in [6.07, 6.45) is 1.32. The Bertz CT molecular complexity index is 1720. The molecule has 0 spiro atoms. The van der Waals surface area contributed by atoms with Crippen molar-refractivity contribution < 1.29 is 27.1 Å². The standard InChI is InChI=1S/C32H29F4N5O2/c1-3-24(32(34,35)36)18-25(4-2)39-30(42)14-20-5-6-26(27(33)13-20)23-15-22-16-28(40-31(22)38-19-23)21-7-8-37-29(17-21)41-9-11-43-12-10-41/h3-8,13,15-19H,2,9-12,14H2,1H3,(H,38,40)(H,39,42)/b24-3+,25-18+. The number of carbonyl (C=O) groups excluding carboxylic acids is 1. The Labute approximate surface area is 245 Å². The van der Waals surface area contributed by atoms with Gasteiger partial charge in [-0.25, -0.2) is 14.4 Å². The number of rotatable bonds is 8. The first kappa shape index (κ1) is 29.7. The van der Waals surface area contributed by atoms with E-state index in [1.165, 1.54) is 13.0 Å². The van der Waals surface area contributed by atoms with Gasteiger partial charge in [0, 0.05) is 59.0 Å². The minimum Gasteiger partial charge on any atom is -0.378 e. The van der Waals surface area contributed by atoms with Gasteiger partial charge in [-0.15, -0.1) is 0 Å². The molecule has 43 heavy (non-hydrogen) atoms. The van der Waals surface area contributed by atoms with Crippen LogP contribution >= 0.6 is 0 Å². The topological polar surface area (TPSA) is 83.1 Å². The van der Waals surface area contributed by atoms with Crippen molar-refractivity contribution in [1.82, 2.24) is 20.3 Å². The molecule has 1 fully saturated rings. The highest BCUT2D eigenvalue weighted by Gasteiger charge is 2.31. The van der Waals surface area contributed by atoms with Gasteiger partial charge < -0.3 is 19.9 Å². The van der Waals surface area contributed by atoms with Crippen LogP contribution in [0.15, 0.2) is 90.9 Å². The van der Waals surface area contributed by atoms with Gasteiger partial charge in [-0.1, -0.05) is 24.8 Å². The van der Waals surface area contributed by atoms with Crippen LogP contribution in [0.1, 0.15) is 12.5 Å². The number of anilines is 1. The predicted octanol–water partition coefficient (Wildman–Crippen LogP) is 6.50. The lowest BCUT2D eigenvalue weighted by molar-refractivity contribution is -0.119. The number of fused-ring (bicyclic) bond motifs is 1. The summed E-state index contributed by atoms with van der Waals surface area (Å²) >= 11 is 0. The number of allylic oxidation sites excluding steroid dienone is 4. The van der Waals surface area contributed by atoms with Crippen LogP contribution in [0.25, 0.3) is 33.4 Å². The van der Waals surface area contributed by atoms with Crippen molar-refractivity contribution in [2.24, 2.45) is 0 Å². The minimum absolute atomic E-state index is 0.109. The number of morpholine rings is 1. The zero-order valence-electron chi connectivity index (χ0n) is 23.3. The van der Waals surface area contributed by atoms with Crippen molar-refractivity contribution in [1.29, 1.82) is 0 Å². The molecule has 0 unspecified atom stereocenters. The summed E-state index contributed by atoms with van der Waals surface area (Å²) in [5.74, 6) is -0.296. The summed E-state index contributed by atoms with van der Waals surface area (Å²) in [4.78, 5) is 27.0. The lowest BCUT2D eigenvalue weighted by Crippen LogP contribution is -2.36. The number of alkyl halides is 3. The van der Waals surface area contributed by atoms with Crippen molar-refractivity contribution >= 4 is 22.8 Å². The second kappa shape index (κ2) is 12.6. The zero-order chi connectivity index (χ0) is 30.6. The molecule has 7 nitrogen and oxygen atoms in total. The number of H-pyrrole nitrogens is 1. The largest absolute Gasteiger partial charge is 0.416 e. The quantitative estimate of drug-likeness (QED) is 0.181. The summed E-state index contributed by atoms with van der Waals surface area (Å²) in [6, 6.07) is 12.1. The maximum absolute atomic E-state index is 15.2. The lowest BCUT2D eigenvalue weighted by atomic mass is 10.0. The average Bonchev–Trinajstić information content (AvgIpc) is 3.43. The minimum atomic E-state index is -4.57. The summed E-state index contributed by atoms with van der Waals surface area (Å²) in [5, 5.41) is 3.19. The van der Waals surface area contributed by atoms with E-state index in [-0.39, 0.29) is 12.1 Å². The molecule has 1 aliphatic heterocycles. The average molecular weight is 592 g/mol. The van der Waals surface area contributed by atoms with Crippen molar-refractivity contribution in [2.75, 3.05) is 31.2 Å². The van der Waals surface area contributed by atoms with E-state index < -0.39 is 23.5 Å². The number of pyridine rings is 2. The van der Waals surface area contributed by atoms with Gasteiger partial charge in [0.2, 0.25) is 5.91 Å². The molecule has 5 rings (SSSR count). The normalized spacial score (nSPS) is 14.7. The summed E-state index contributed by atoms with van der Waals surface area (Å²) in [7, 11) is 0. The Kier molecular flexibility index (Phi) is 8.72. The van der Waals surface area contributed by atoms with Crippen LogP contribution in [0.5, 0.6) is 0 Å². The first-order valence-corrected chi connectivity index (χ1v) is 13.6. The second-order valence-electron chi connectivity index (χ2n) is 9.93. The highest BCUT2D eigenvalue weighted by Crippen LogP contribution is 2.30. The molecular formula is C32H29F4N5O2. The Morgan fingerprint density at radius 1 is 1.12 bits per heavy atom. The van der Waals surface area contributed by atoms with Crippen LogP contribution < -0.4 is 10.2 Å². The first-order valence-electron chi connectivity index (χ1n) is 13.6. The first-order chi connectivity index (χ1) is 20.6. The number of nitrogens with one attached hydrogen (secondary N) is 2. The lowest BCUT2D eigenvalue weighted by Gasteiger charge is -2.27. The van der Waals surface area contributed by atoms with Gasteiger partial charge in [-0.2, -0.15) is 13.2 Å². The highest BCUT2D eigenvalue weighted by molar-refractivity contribution is 5.87. The van der Waals surface area contributed by atoms with E-state index in [0.717, 1.165) is 53.8 Å². The SMILES string of the molecule is C=C/C(=C\C(=C/C)C(F)(F)F)NC(=O)Cc1ccc(-c2cnc3[nH]c(-c4ccnc(N5CCOCC5)c4)cc3c2)c(F)c1. The molecule has 0 bridgehead atoms. The van der Waals surface area contributed by atoms with Gasteiger partial charge in [0.05, 0.1) is 25.2 Å². The van der Waals surface area contributed by atoms with Crippen LogP contribution in [0.3, 0.4) is 0 Å². The second-order valence-corrected chi connectivity index (χ2v) is 9.93. The molecule has 1 saturated heterocycles. The van der Waals surface area contributed by atoms with Gasteiger partial charge in [0.1, 0.15) is 17.3 Å². The smallest absolute Gasteiger partial charge is 0.378 e. The third-order valence-corrected chi connectivity index (χ3v) is 7.02. The molecule has 0 radical (unpaired) electrons. The molecule has 4 aromatic rings. The molecule has 0 aliphatic carbocycles. The predicted molar refractivity (Wildman–Crippen MR) is 158 cm³/mol. The number of ether oxygens (including phenoxy) is 1. The van der Waals surface area contributed by atoms with Gasteiger partial charge in [-0.3, -0.25) is 4.79 Å². The van der Waals surface area contributed by atoms with E-state index in [1.54, 1.807) is 24.5 Å². The highest BCUT2D eigenvalue weighted by atomic mass is 19.4. The van der Waals surface area contributed by atoms with Crippen LogP contribution in [-0.4, -0.2) is 53.3 Å². The van der Waals surface area contributed by atoms with Crippen LogP contribution in [0.4, 0.5) is 23.4 Å². The van der Waals surface area contributed by atoms with Gasteiger partial charge in [-0.05, 0) is 55.0 Å². The van der Waals surface area contributed by atoms with E-state index in [1.807, 2.05) is 24.3 Å². The number of benzene rings is 1. The molecule has 222 valence electrons. The van der Waals surface area contributed by atoms with Crippen LogP contribution in [0.2, 0.25) is 0 Å². The van der Waals surface area contributed by atoms with E-state index in [9.17, 15) is 18.0 Å². The number of hydrogen-bond acceptors (Lipinski definition) is 5. The molecule has 1 aliphatic rings. The number of aromatic amines is 1. The maximum Gasteiger partial charge on any atom is 0.416 e. The molecular weight excluding hydrogens is 562 g/mol. The number of amides is 1. The fraction of sp³-hybridized carbons (Fsp3) is 0.219. The van der Waals surface area contributed by atoms with Crippen LogP contribution in [0, 0.1) is 5.82 Å². The Morgan fingerprint density at radius 3 is 2.60 bits per heavy atom. The third kappa shape index (κ3) is 7.00. The number of nitrogens with zero attached hydrogens (tertiary/aromatic N) is 3.